The van der Waals surface area contributed by atoms with Gasteiger partial charge in [-0.15, -0.1) is 0 Å². The lowest BCUT2D eigenvalue weighted by Gasteiger charge is -2.02. The highest BCUT2D eigenvalue weighted by molar-refractivity contribution is 6.03. The molecule has 0 aliphatic rings. The van der Waals surface area contributed by atoms with Gasteiger partial charge in [0.25, 0.3) is 0 Å². The van der Waals surface area contributed by atoms with Gasteiger partial charge in [0.2, 0.25) is 0 Å². The molecule has 0 aromatic heterocycles. The van der Waals surface area contributed by atoms with E-state index < -0.39 is 0 Å². The van der Waals surface area contributed by atoms with Crippen LogP contribution in [0.1, 0.15) is 34.6 Å². The number of Topliss-reactive ketones (excluding diaryl/α,β-unsaturated/α-hetero) is 2. The molecule has 1 rings (SSSR count). The van der Waals surface area contributed by atoms with Crippen LogP contribution >= 0.6 is 0 Å². The average Bonchev–Trinajstić information content (AvgIpc) is 2.04. The Balaban J connectivity index is 3.27. The summed E-state index contributed by atoms with van der Waals surface area (Å²) in [5.41, 5.74) is 6.90. The summed E-state index contributed by atoms with van der Waals surface area (Å²) in [5.74, 6) is -0.192. The lowest BCUT2D eigenvalue weighted by molar-refractivity contribution is 0.101. The first-order chi connectivity index (χ1) is 6.02. The predicted octanol–water partition coefficient (Wildman–Crippen LogP) is 1.67. The standard InChI is InChI=1S/C10H11NO2/c1-6(12)8-3-4-10(11)9(5-8)7(2)13/h3-5H,11H2,1-2H3. The van der Waals surface area contributed by atoms with Gasteiger partial charge in [-0.05, 0) is 32.0 Å². The van der Waals surface area contributed by atoms with E-state index in [-0.39, 0.29) is 11.6 Å². The number of hydrogen-bond acceptors (Lipinski definition) is 3. The highest BCUT2D eigenvalue weighted by atomic mass is 16.1. The van der Waals surface area contributed by atoms with E-state index in [9.17, 15) is 9.59 Å². The summed E-state index contributed by atoms with van der Waals surface area (Å²) in [4.78, 5) is 22.0. The number of carbonyl (C=O) groups excluding carboxylic acids is 2. The zero-order valence-corrected chi connectivity index (χ0v) is 7.63. The van der Waals surface area contributed by atoms with E-state index in [1.54, 1.807) is 12.1 Å². The normalized spacial score (nSPS) is 9.69. The molecule has 1 aromatic rings. The fourth-order valence-corrected chi connectivity index (χ4v) is 1.08. The number of hydrogen-bond donors (Lipinski definition) is 1. The molecule has 2 N–H and O–H groups in total. The minimum atomic E-state index is -0.124. The summed E-state index contributed by atoms with van der Waals surface area (Å²) in [6, 6.07) is 4.72. The first-order valence-corrected chi connectivity index (χ1v) is 3.93. The van der Waals surface area contributed by atoms with Crippen LogP contribution in [0.2, 0.25) is 0 Å². The number of benzene rings is 1. The van der Waals surface area contributed by atoms with Gasteiger partial charge in [0.1, 0.15) is 0 Å². The van der Waals surface area contributed by atoms with Crippen LogP contribution in [0.4, 0.5) is 5.69 Å². The maximum Gasteiger partial charge on any atom is 0.161 e. The van der Waals surface area contributed by atoms with Gasteiger partial charge in [-0.1, -0.05) is 0 Å². The molecule has 1 aromatic carbocycles. The van der Waals surface area contributed by atoms with Crippen LogP contribution in [-0.4, -0.2) is 11.6 Å². The number of carbonyl (C=O) groups is 2. The lowest BCUT2D eigenvalue weighted by atomic mass is 10.0. The molecule has 0 atom stereocenters. The van der Waals surface area contributed by atoms with Gasteiger partial charge in [0.15, 0.2) is 11.6 Å². The molecule has 13 heavy (non-hydrogen) atoms. The van der Waals surface area contributed by atoms with Crippen LogP contribution in [0.3, 0.4) is 0 Å². The maximum atomic E-state index is 11.0. The van der Waals surface area contributed by atoms with Crippen LogP contribution in [0.25, 0.3) is 0 Å². The van der Waals surface area contributed by atoms with Gasteiger partial charge < -0.3 is 5.73 Å². The molecule has 0 bridgehead atoms. The summed E-state index contributed by atoms with van der Waals surface area (Å²) in [5, 5.41) is 0. The molecule has 3 nitrogen and oxygen atoms in total. The molecular weight excluding hydrogens is 166 g/mol. The van der Waals surface area contributed by atoms with E-state index in [1.165, 1.54) is 19.9 Å². The Kier molecular flexibility index (Phi) is 2.46. The van der Waals surface area contributed by atoms with Crippen LogP contribution in [0, 0.1) is 0 Å². The Morgan fingerprint density at radius 3 is 2.23 bits per heavy atom. The van der Waals surface area contributed by atoms with Crippen molar-refractivity contribution < 1.29 is 9.59 Å². The molecule has 3 heteroatoms. The molecule has 0 unspecified atom stereocenters. The van der Waals surface area contributed by atoms with E-state index in [2.05, 4.69) is 0 Å². The van der Waals surface area contributed by atoms with Crippen molar-refractivity contribution in [2.24, 2.45) is 0 Å². The zero-order chi connectivity index (χ0) is 10.0. The molecule has 0 spiro atoms. The van der Waals surface area contributed by atoms with Crippen LogP contribution in [0.5, 0.6) is 0 Å². The second kappa shape index (κ2) is 3.39. The number of ketones is 2. The van der Waals surface area contributed by atoms with Crippen molar-refractivity contribution in [2.45, 2.75) is 13.8 Å². The van der Waals surface area contributed by atoms with Crippen molar-refractivity contribution in [3.8, 4) is 0 Å². The lowest BCUT2D eigenvalue weighted by Crippen LogP contribution is -2.02. The average molecular weight is 177 g/mol. The van der Waals surface area contributed by atoms with Gasteiger partial charge in [-0.25, -0.2) is 0 Å². The van der Waals surface area contributed by atoms with Crippen LogP contribution < -0.4 is 5.73 Å². The third-order valence-corrected chi connectivity index (χ3v) is 1.84. The highest BCUT2D eigenvalue weighted by Gasteiger charge is 2.07. The summed E-state index contributed by atoms with van der Waals surface area (Å²) in [7, 11) is 0. The van der Waals surface area contributed by atoms with Gasteiger partial charge in [0.05, 0.1) is 0 Å². The van der Waals surface area contributed by atoms with Crippen molar-refractivity contribution >= 4 is 17.3 Å². The molecule has 0 fully saturated rings. The number of anilines is 1. The van der Waals surface area contributed by atoms with Crippen LogP contribution in [0.15, 0.2) is 18.2 Å². The highest BCUT2D eigenvalue weighted by Crippen LogP contribution is 2.14. The molecule has 68 valence electrons. The molecule has 0 radical (unpaired) electrons. The van der Waals surface area contributed by atoms with Crippen molar-refractivity contribution in [3.05, 3.63) is 29.3 Å². The fourth-order valence-electron chi connectivity index (χ4n) is 1.08. The third kappa shape index (κ3) is 1.93. The van der Waals surface area contributed by atoms with Crippen molar-refractivity contribution in [1.29, 1.82) is 0 Å². The van der Waals surface area contributed by atoms with E-state index >= 15 is 0 Å². The monoisotopic (exact) mass is 177 g/mol. The van der Waals surface area contributed by atoms with Gasteiger partial charge in [-0.3, -0.25) is 9.59 Å². The quantitative estimate of drug-likeness (QED) is 0.552. The Bertz CT molecular complexity index is 369. The number of nitrogen functional groups attached to an aromatic ring is 1. The Morgan fingerprint density at radius 2 is 1.77 bits per heavy atom. The summed E-state index contributed by atoms with van der Waals surface area (Å²) < 4.78 is 0. The number of rotatable bonds is 2. The van der Waals surface area contributed by atoms with Gasteiger partial charge >= 0.3 is 0 Å². The second-order valence-electron chi connectivity index (χ2n) is 2.91. The van der Waals surface area contributed by atoms with E-state index in [0.717, 1.165) is 0 Å². The van der Waals surface area contributed by atoms with Crippen LogP contribution in [-0.2, 0) is 0 Å². The predicted molar refractivity (Wildman–Crippen MR) is 50.9 cm³/mol. The Hall–Kier alpha value is -1.64. The molecule has 0 saturated carbocycles. The van der Waals surface area contributed by atoms with Gasteiger partial charge in [0, 0.05) is 16.8 Å². The topological polar surface area (TPSA) is 60.2 Å². The van der Waals surface area contributed by atoms with Crippen molar-refractivity contribution in [2.75, 3.05) is 5.73 Å². The van der Waals surface area contributed by atoms with Gasteiger partial charge in [-0.2, -0.15) is 0 Å². The van der Waals surface area contributed by atoms with Crippen molar-refractivity contribution in [1.82, 2.24) is 0 Å². The molecule has 0 aliphatic carbocycles. The van der Waals surface area contributed by atoms with E-state index in [4.69, 9.17) is 5.73 Å². The largest absolute Gasteiger partial charge is 0.398 e. The SMILES string of the molecule is CC(=O)c1ccc(N)c(C(C)=O)c1. The summed E-state index contributed by atoms with van der Waals surface area (Å²) in [6.45, 7) is 2.88. The zero-order valence-electron chi connectivity index (χ0n) is 7.63. The van der Waals surface area contributed by atoms with E-state index in [1.807, 2.05) is 0 Å². The molecule has 0 amide bonds. The molecule has 0 aliphatic heterocycles. The second-order valence-corrected chi connectivity index (χ2v) is 2.91. The number of nitrogens with two attached hydrogens (primary N) is 1. The first kappa shape index (κ1) is 9.45. The summed E-state index contributed by atoms with van der Waals surface area (Å²) in [6.07, 6.45) is 0. The van der Waals surface area contributed by atoms with E-state index in [0.29, 0.717) is 16.8 Å². The molecular formula is C10H11NO2. The maximum absolute atomic E-state index is 11.0. The fraction of sp³-hybridized carbons (Fsp3) is 0.200. The Labute approximate surface area is 76.6 Å². The minimum Gasteiger partial charge on any atom is -0.398 e. The third-order valence-electron chi connectivity index (χ3n) is 1.84. The molecule has 0 heterocycles. The van der Waals surface area contributed by atoms with Crippen molar-refractivity contribution in [3.63, 3.8) is 0 Å². The molecule has 0 saturated heterocycles. The smallest absolute Gasteiger partial charge is 0.161 e. The first-order valence-electron chi connectivity index (χ1n) is 3.93. The Morgan fingerprint density at radius 1 is 1.15 bits per heavy atom. The minimum absolute atomic E-state index is 0.0671. The summed E-state index contributed by atoms with van der Waals surface area (Å²) >= 11 is 0.